The number of hydrogen-bond acceptors (Lipinski definition) is 3. The second-order valence-electron chi connectivity index (χ2n) is 4.28. The molecule has 0 saturated heterocycles. The van der Waals surface area contributed by atoms with Gasteiger partial charge in [-0.1, -0.05) is 12.1 Å². The maximum atomic E-state index is 4.14. The lowest BCUT2D eigenvalue weighted by Gasteiger charge is -2.15. The number of aromatic nitrogens is 3. The quantitative estimate of drug-likeness (QED) is 0.737. The van der Waals surface area contributed by atoms with E-state index in [4.69, 9.17) is 0 Å². The average molecular weight is 238 g/mol. The van der Waals surface area contributed by atoms with Crippen molar-refractivity contribution in [2.24, 2.45) is 0 Å². The standard InChI is InChI=1S/C14H14N4/c1-10(13-6-8-16-18-13)17-14-4-2-3-11-9-15-7-5-12(11)14/h2-10,17H,1H3,(H,16,18). The molecule has 0 aliphatic heterocycles. The van der Waals surface area contributed by atoms with Gasteiger partial charge in [-0.2, -0.15) is 5.10 Å². The summed E-state index contributed by atoms with van der Waals surface area (Å²) in [5, 5.41) is 12.8. The Morgan fingerprint density at radius 3 is 2.94 bits per heavy atom. The maximum Gasteiger partial charge on any atom is 0.0651 e. The Kier molecular flexibility index (Phi) is 2.68. The zero-order chi connectivity index (χ0) is 12.4. The van der Waals surface area contributed by atoms with Gasteiger partial charge < -0.3 is 5.32 Å². The van der Waals surface area contributed by atoms with Gasteiger partial charge >= 0.3 is 0 Å². The number of aromatic amines is 1. The van der Waals surface area contributed by atoms with Crippen LogP contribution in [0.25, 0.3) is 10.8 Å². The van der Waals surface area contributed by atoms with Crippen molar-refractivity contribution < 1.29 is 0 Å². The van der Waals surface area contributed by atoms with Crippen molar-refractivity contribution in [1.29, 1.82) is 0 Å². The maximum absolute atomic E-state index is 4.14. The molecule has 2 heterocycles. The van der Waals surface area contributed by atoms with Crippen LogP contribution in [0.3, 0.4) is 0 Å². The monoisotopic (exact) mass is 238 g/mol. The lowest BCUT2D eigenvalue weighted by atomic mass is 10.1. The zero-order valence-corrected chi connectivity index (χ0v) is 10.1. The van der Waals surface area contributed by atoms with Crippen LogP contribution in [-0.2, 0) is 0 Å². The summed E-state index contributed by atoms with van der Waals surface area (Å²) in [7, 11) is 0. The Labute approximate surface area is 105 Å². The minimum atomic E-state index is 0.186. The molecule has 1 atom stereocenters. The molecule has 2 N–H and O–H groups in total. The molecule has 2 aromatic heterocycles. The number of nitrogens with zero attached hydrogens (tertiary/aromatic N) is 2. The number of nitrogens with one attached hydrogen (secondary N) is 2. The highest BCUT2D eigenvalue weighted by Crippen LogP contribution is 2.25. The fourth-order valence-electron chi connectivity index (χ4n) is 2.07. The second kappa shape index (κ2) is 4.49. The second-order valence-corrected chi connectivity index (χ2v) is 4.28. The van der Waals surface area contributed by atoms with Crippen LogP contribution >= 0.6 is 0 Å². The van der Waals surface area contributed by atoms with Crippen LogP contribution < -0.4 is 5.32 Å². The van der Waals surface area contributed by atoms with E-state index < -0.39 is 0 Å². The predicted octanol–water partition coefficient (Wildman–Crippen LogP) is 3.13. The van der Waals surface area contributed by atoms with E-state index >= 15 is 0 Å². The lowest BCUT2D eigenvalue weighted by molar-refractivity contribution is 0.827. The van der Waals surface area contributed by atoms with Crippen molar-refractivity contribution in [2.45, 2.75) is 13.0 Å². The van der Waals surface area contributed by atoms with Crippen molar-refractivity contribution in [3.8, 4) is 0 Å². The summed E-state index contributed by atoms with van der Waals surface area (Å²) in [6, 6.07) is 10.4. The molecule has 1 aromatic carbocycles. The molecule has 90 valence electrons. The summed E-state index contributed by atoms with van der Waals surface area (Å²) >= 11 is 0. The number of H-pyrrole nitrogens is 1. The lowest BCUT2D eigenvalue weighted by Crippen LogP contribution is -2.07. The Hall–Kier alpha value is -2.36. The van der Waals surface area contributed by atoms with Crippen LogP contribution in [0.5, 0.6) is 0 Å². The summed E-state index contributed by atoms with van der Waals surface area (Å²) in [5.74, 6) is 0. The van der Waals surface area contributed by atoms with Gasteiger partial charge in [0.1, 0.15) is 0 Å². The van der Waals surface area contributed by atoms with E-state index in [1.165, 1.54) is 5.39 Å². The van der Waals surface area contributed by atoms with Crippen LogP contribution in [0.15, 0.2) is 48.9 Å². The summed E-state index contributed by atoms with van der Waals surface area (Å²) in [6.07, 6.45) is 5.45. The molecule has 0 radical (unpaired) electrons. The smallest absolute Gasteiger partial charge is 0.0651 e. The number of rotatable bonds is 3. The van der Waals surface area contributed by atoms with Gasteiger partial charge in [-0.15, -0.1) is 0 Å². The molecule has 4 heteroatoms. The van der Waals surface area contributed by atoms with Gasteiger partial charge in [-0.3, -0.25) is 10.1 Å². The average Bonchev–Trinajstić information content (AvgIpc) is 2.93. The third-order valence-corrected chi connectivity index (χ3v) is 3.04. The first-order chi connectivity index (χ1) is 8.84. The van der Waals surface area contributed by atoms with E-state index in [1.807, 2.05) is 30.6 Å². The first kappa shape index (κ1) is 10.8. The van der Waals surface area contributed by atoms with Crippen LogP contribution in [-0.4, -0.2) is 15.2 Å². The van der Waals surface area contributed by atoms with Crippen LogP contribution in [0.4, 0.5) is 5.69 Å². The Morgan fingerprint density at radius 2 is 2.11 bits per heavy atom. The molecule has 0 spiro atoms. The summed E-state index contributed by atoms with van der Waals surface area (Å²) in [6.45, 7) is 2.10. The Bertz CT molecular complexity index is 640. The van der Waals surface area contributed by atoms with Crippen LogP contribution in [0.2, 0.25) is 0 Å². The third kappa shape index (κ3) is 1.93. The molecule has 0 aliphatic carbocycles. The SMILES string of the molecule is CC(Nc1cccc2cnccc12)c1ccn[nH]1. The molecule has 0 fully saturated rings. The van der Waals surface area contributed by atoms with E-state index in [0.717, 1.165) is 16.8 Å². The molecule has 3 aromatic rings. The molecule has 1 unspecified atom stereocenters. The van der Waals surface area contributed by atoms with Crippen LogP contribution in [0, 0.1) is 0 Å². The molecule has 18 heavy (non-hydrogen) atoms. The molecular formula is C14H14N4. The fourth-order valence-corrected chi connectivity index (χ4v) is 2.07. The van der Waals surface area contributed by atoms with Gasteiger partial charge in [0.15, 0.2) is 0 Å². The highest BCUT2D eigenvalue weighted by molar-refractivity contribution is 5.93. The minimum absolute atomic E-state index is 0.186. The Balaban J connectivity index is 1.95. The van der Waals surface area contributed by atoms with Gasteiger partial charge in [0.05, 0.1) is 11.7 Å². The summed E-state index contributed by atoms with van der Waals surface area (Å²) < 4.78 is 0. The molecule has 3 rings (SSSR count). The highest BCUT2D eigenvalue weighted by atomic mass is 15.1. The molecule has 4 nitrogen and oxygen atoms in total. The number of pyridine rings is 1. The molecule has 0 aliphatic rings. The Morgan fingerprint density at radius 1 is 1.17 bits per heavy atom. The molecule has 0 bridgehead atoms. The van der Waals surface area contributed by atoms with Crippen molar-refractivity contribution in [2.75, 3.05) is 5.32 Å². The largest absolute Gasteiger partial charge is 0.376 e. The van der Waals surface area contributed by atoms with Gasteiger partial charge in [-0.25, -0.2) is 0 Å². The van der Waals surface area contributed by atoms with Crippen molar-refractivity contribution in [3.05, 3.63) is 54.6 Å². The first-order valence-corrected chi connectivity index (χ1v) is 5.93. The number of hydrogen-bond donors (Lipinski definition) is 2. The van der Waals surface area contributed by atoms with Gasteiger partial charge in [0.2, 0.25) is 0 Å². The molecule has 0 saturated carbocycles. The number of fused-ring (bicyclic) bond motifs is 1. The van der Waals surface area contributed by atoms with E-state index in [2.05, 4.69) is 39.6 Å². The van der Waals surface area contributed by atoms with Crippen molar-refractivity contribution in [3.63, 3.8) is 0 Å². The first-order valence-electron chi connectivity index (χ1n) is 5.93. The molecular weight excluding hydrogens is 224 g/mol. The zero-order valence-electron chi connectivity index (χ0n) is 10.1. The fraction of sp³-hybridized carbons (Fsp3) is 0.143. The van der Waals surface area contributed by atoms with E-state index in [-0.39, 0.29) is 6.04 Å². The van der Waals surface area contributed by atoms with Crippen molar-refractivity contribution in [1.82, 2.24) is 15.2 Å². The number of benzene rings is 1. The molecule has 0 amide bonds. The summed E-state index contributed by atoms with van der Waals surface area (Å²) in [5.41, 5.74) is 2.18. The van der Waals surface area contributed by atoms with E-state index in [0.29, 0.717) is 0 Å². The third-order valence-electron chi connectivity index (χ3n) is 3.04. The van der Waals surface area contributed by atoms with Gasteiger partial charge in [-0.05, 0) is 25.1 Å². The predicted molar refractivity (Wildman–Crippen MR) is 72.4 cm³/mol. The van der Waals surface area contributed by atoms with Gasteiger partial charge in [0, 0.05) is 35.1 Å². The van der Waals surface area contributed by atoms with E-state index in [9.17, 15) is 0 Å². The summed E-state index contributed by atoms with van der Waals surface area (Å²) in [4.78, 5) is 4.14. The van der Waals surface area contributed by atoms with Gasteiger partial charge in [0.25, 0.3) is 0 Å². The van der Waals surface area contributed by atoms with Crippen LogP contribution in [0.1, 0.15) is 18.7 Å². The van der Waals surface area contributed by atoms with Crippen molar-refractivity contribution >= 4 is 16.5 Å². The number of anilines is 1. The minimum Gasteiger partial charge on any atom is -0.376 e. The normalized spacial score (nSPS) is 12.5. The van der Waals surface area contributed by atoms with E-state index in [1.54, 1.807) is 6.20 Å². The topological polar surface area (TPSA) is 53.6 Å². The highest BCUT2D eigenvalue weighted by Gasteiger charge is 2.08.